The Balaban J connectivity index is 2.12. The van der Waals surface area contributed by atoms with Crippen molar-refractivity contribution >= 4 is 34.2 Å². The molecule has 22 heavy (non-hydrogen) atoms. The molecule has 3 atom stereocenters. The average Bonchev–Trinajstić information content (AvgIpc) is 2.86. The summed E-state index contributed by atoms with van der Waals surface area (Å²) in [5, 5.41) is 10.2. The van der Waals surface area contributed by atoms with Gasteiger partial charge in [0.25, 0.3) is 0 Å². The Kier molecular flexibility index (Phi) is 6.01. The maximum atomic E-state index is 12.8. The van der Waals surface area contributed by atoms with E-state index < -0.39 is 12.0 Å². The van der Waals surface area contributed by atoms with Gasteiger partial charge >= 0.3 is 0 Å². The summed E-state index contributed by atoms with van der Waals surface area (Å²) < 4.78 is 0.633. The van der Waals surface area contributed by atoms with Gasteiger partial charge in [-0.2, -0.15) is 0 Å². The first-order chi connectivity index (χ1) is 10.4. The minimum atomic E-state index is -0.640. The predicted octanol–water partition coefficient (Wildman–Crippen LogP) is 3.11. The molecule has 0 unspecified atom stereocenters. The SMILES string of the molecule is CC(C)[C@@H](O)[C@H](C)C(=O)N1C(=S)SC[C@@H]1Cc1ccccc1. The highest BCUT2D eigenvalue weighted by molar-refractivity contribution is 8.23. The van der Waals surface area contributed by atoms with E-state index in [4.69, 9.17) is 12.2 Å². The van der Waals surface area contributed by atoms with Crippen LogP contribution >= 0.6 is 24.0 Å². The van der Waals surface area contributed by atoms with Crippen molar-refractivity contribution in [3.05, 3.63) is 35.9 Å². The molecular weight excluding hydrogens is 314 g/mol. The minimum Gasteiger partial charge on any atom is -0.392 e. The molecule has 0 aliphatic carbocycles. The van der Waals surface area contributed by atoms with Gasteiger partial charge in [-0.3, -0.25) is 9.69 Å². The zero-order valence-corrected chi connectivity index (χ0v) is 14.9. The van der Waals surface area contributed by atoms with Crippen molar-refractivity contribution in [1.82, 2.24) is 4.90 Å². The van der Waals surface area contributed by atoms with Crippen molar-refractivity contribution in [2.75, 3.05) is 5.75 Å². The van der Waals surface area contributed by atoms with Crippen molar-refractivity contribution in [3.63, 3.8) is 0 Å². The fraction of sp³-hybridized carbons (Fsp3) is 0.529. The van der Waals surface area contributed by atoms with Gasteiger partial charge < -0.3 is 5.11 Å². The van der Waals surface area contributed by atoms with Crippen molar-refractivity contribution in [2.45, 2.75) is 39.3 Å². The van der Waals surface area contributed by atoms with E-state index in [1.54, 1.807) is 23.6 Å². The van der Waals surface area contributed by atoms with Gasteiger partial charge in [0.05, 0.1) is 18.1 Å². The largest absolute Gasteiger partial charge is 0.392 e. The zero-order valence-electron chi connectivity index (χ0n) is 13.2. The highest BCUT2D eigenvalue weighted by Gasteiger charge is 2.38. The molecule has 0 bridgehead atoms. The van der Waals surface area contributed by atoms with Crippen LogP contribution in [0.5, 0.6) is 0 Å². The molecule has 3 nitrogen and oxygen atoms in total. The number of benzene rings is 1. The van der Waals surface area contributed by atoms with E-state index in [-0.39, 0.29) is 17.9 Å². The van der Waals surface area contributed by atoms with Crippen molar-refractivity contribution in [1.29, 1.82) is 0 Å². The number of nitrogens with zero attached hydrogens (tertiary/aromatic N) is 1. The second-order valence-electron chi connectivity index (χ2n) is 6.15. The minimum absolute atomic E-state index is 0.0513. The average molecular weight is 338 g/mol. The van der Waals surface area contributed by atoms with Crippen LogP contribution in [-0.4, -0.2) is 38.1 Å². The molecule has 1 amide bonds. The normalized spacial score (nSPS) is 21.2. The number of thiocarbonyl (C=S) groups is 1. The molecule has 1 aliphatic heterocycles. The van der Waals surface area contributed by atoms with Crippen LogP contribution in [0.15, 0.2) is 30.3 Å². The van der Waals surface area contributed by atoms with E-state index in [0.29, 0.717) is 4.32 Å². The third-order valence-electron chi connectivity index (χ3n) is 4.10. The van der Waals surface area contributed by atoms with Crippen molar-refractivity contribution < 1.29 is 9.90 Å². The Morgan fingerprint density at radius 2 is 2.00 bits per heavy atom. The van der Waals surface area contributed by atoms with Crippen LogP contribution in [0.2, 0.25) is 0 Å². The molecule has 1 N–H and O–H groups in total. The summed E-state index contributed by atoms with van der Waals surface area (Å²) >= 11 is 6.92. The topological polar surface area (TPSA) is 40.5 Å². The molecule has 1 heterocycles. The second kappa shape index (κ2) is 7.57. The van der Waals surface area contributed by atoms with Crippen molar-refractivity contribution in [2.24, 2.45) is 11.8 Å². The van der Waals surface area contributed by atoms with Gasteiger partial charge in [0.2, 0.25) is 5.91 Å². The molecule has 1 fully saturated rings. The number of thioether (sulfide) groups is 1. The first-order valence-electron chi connectivity index (χ1n) is 7.63. The quantitative estimate of drug-likeness (QED) is 0.838. The van der Waals surface area contributed by atoms with E-state index in [1.807, 2.05) is 32.0 Å². The highest BCUT2D eigenvalue weighted by Crippen LogP contribution is 2.29. The number of aliphatic hydroxyl groups is 1. The van der Waals surface area contributed by atoms with Gasteiger partial charge in [0.15, 0.2) is 0 Å². The molecule has 1 aromatic rings. The molecule has 5 heteroatoms. The molecule has 0 radical (unpaired) electrons. The Hall–Kier alpha value is -0.910. The molecule has 0 spiro atoms. The summed E-state index contributed by atoms with van der Waals surface area (Å²) in [5.74, 6) is 0.381. The highest BCUT2D eigenvalue weighted by atomic mass is 32.2. The number of carbonyl (C=O) groups is 1. The smallest absolute Gasteiger partial charge is 0.233 e. The Morgan fingerprint density at radius 1 is 1.36 bits per heavy atom. The molecular formula is C17H23NO2S2. The van der Waals surface area contributed by atoms with E-state index in [9.17, 15) is 9.90 Å². The third-order valence-corrected chi connectivity index (χ3v) is 5.64. The van der Waals surface area contributed by atoms with E-state index >= 15 is 0 Å². The number of amides is 1. The van der Waals surface area contributed by atoms with Gasteiger partial charge in [-0.05, 0) is 17.9 Å². The standard InChI is InChI=1S/C17H23NO2S2/c1-11(2)15(19)12(3)16(20)18-14(10-22-17(18)21)9-13-7-5-4-6-8-13/h4-8,11-12,14-15,19H,9-10H2,1-3H3/t12-,14-,15+/m0/s1. The summed E-state index contributed by atoms with van der Waals surface area (Å²) in [6, 6.07) is 10.2. The fourth-order valence-electron chi connectivity index (χ4n) is 2.71. The molecule has 1 aliphatic rings. The van der Waals surface area contributed by atoms with Crippen molar-refractivity contribution in [3.8, 4) is 0 Å². The Labute approximate surface area is 142 Å². The first-order valence-corrected chi connectivity index (χ1v) is 9.03. The Morgan fingerprint density at radius 3 is 2.59 bits per heavy atom. The summed E-state index contributed by atoms with van der Waals surface area (Å²) in [6.07, 6.45) is 0.155. The van der Waals surface area contributed by atoms with Gasteiger partial charge in [-0.25, -0.2) is 0 Å². The van der Waals surface area contributed by atoms with Gasteiger partial charge in [-0.15, -0.1) is 0 Å². The Bertz CT molecular complexity index is 533. The zero-order chi connectivity index (χ0) is 16.3. The summed E-state index contributed by atoms with van der Waals surface area (Å²) in [7, 11) is 0. The summed E-state index contributed by atoms with van der Waals surface area (Å²) in [4.78, 5) is 14.5. The second-order valence-corrected chi connectivity index (χ2v) is 7.81. The molecule has 0 saturated carbocycles. The van der Waals surface area contributed by atoms with E-state index in [2.05, 4.69) is 12.1 Å². The van der Waals surface area contributed by atoms with E-state index in [1.165, 1.54) is 5.56 Å². The lowest BCUT2D eigenvalue weighted by atomic mass is 9.93. The number of rotatable bonds is 5. The van der Waals surface area contributed by atoms with Crippen LogP contribution in [0, 0.1) is 11.8 Å². The fourth-order valence-corrected chi connectivity index (χ4v) is 4.13. The van der Waals surface area contributed by atoms with E-state index in [0.717, 1.165) is 12.2 Å². The molecule has 1 saturated heterocycles. The van der Waals surface area contributed by atoms with Gasteiger partial charge in [0.1, 0.15) is 4.32 Å². The molecule has 2 rings (SSSR count). The molecule has 0 aromatic heterocycles. The number of carbonyl (C=O) groups excluding carboxylic acids is 1. The van der Waals surface area contributed by atoms with Crippen LogP contribution < -0.4 is 0 Å². The van der Waals surface area contributed by atoms with Crippen LogP contribution in [0.3, 0.4) is 0 Å². The van der Waals surface area contributed by atoms with Crippen LogP contribution in [0.4, 0.5) is 0 Å². The van der Waals surface area contributed by atoms with Gasteiger partial charge in [0, 0.05) is 5.75 Å². The molecule has 120 valence electrons. The maximum Gasteiger partial charge on any atom is 0.233 e. The third kappa shape index (κ3) is 3.89. The lowest BCUT2D eigenvalue weighted by molar-refractivity contribution is -0.136. The lowest BCUT2D eigenvalue weighted by Gasteiger charge is -2.29. The molecule has 1 aromatic carbocycles. The number of hydrogen-bond donors (Lipinski definition) is 1. The van der Waals surface area contributed by atoms with Crippen LogP contribution in [-0.2, 0) is 11.2 Å². The number of hydrogen-bond acceptors (Lipinski definition) is 4. The van der Waals surface area contributed by atoms with Crippen LogP contribution in [0.1, 0.15) is 26.3 Å². The summed E-state index contributed by atoms with van der Waals surface area (Å²) in [5.41, 5.74) is 1.20. The monoisotopic (exact) mass is 337 g/mol. The van der Waals surface area contributed by atoms with Gasteiger partial charge in [-0.1, -0.05) is 75.1 Å². The number of aliphatic hydroxyl groups excluding tert-OH is 1. The predicted molar refractivity (Wildman–Crippen MR) is 95.8 cm³/mol. The first kappa shape index (κ1) is 17.4. The summed E-state index contributed by atoms with van der Waals surface area (Å²) in [6.45, 7) is 5.64. The lowest BCUT2D eigenvalue weighted by Crippen LogP contribution is -2.46. The van der Waals surface area contributed by atoms with Crippen LogP contribution in [0.25, 0.3) is 0 Å². The maximum absolute atomic E-state index is 12.8.